The Bertz CT molecular complexity index is 676. The highest BCUT2D eigenvalue weighted by molar-refractivity contribution is 8.75. The molecule has 1 saturated heterocycles. The minimum absolute atomic E-state index is 0.0842. The highest BCUT2D eigenvalue weighted by Crippen LogP contribution is 2.49. The molecule has 1 heterocycles. The van der Waals surface area contributed by atoms with Gasteiger partial charge in [0.05, 0.1) is 0 Å². The lowest BCUT2D eigenvalue weighted by atomic mass is 9.82. The van der Waals surface area contributed by atoms with E-state index in [2.05, 4.69) is 65.8 Å². The molecular weight excluding hydrogens is 284 g/mol. The Morgan fingerprint density at radius 2 is 1.60 bits per heavy atom. The van der Waals surface area contributed by atoms with E-state index in [1.54, 1.807) is 22.0 Å². The summed E-state index contributed by atoms with van der Waals surface area (Å²) in [5.74, 6) is 0. The first kappa shape index (κ1) is 12.8. The third-order valence-electron chi connectivity index (χ3n) is 4.31. The number of hydrogen-bond donors (Lipinski definition) is 2. The zero-order valence-electron chi connectivity index (χ0n) is 11.4. The van der Waals surface area contributed by atoms with E-state index in [9.17, 15) is 0 Å². The van der Waals surface area contributed by atoms with Crippen LogP contribution in [-0.2, 0) is 5.41 Å². The minimum atomic E-state index is 0.0842. The molecule has 0 radical (unpaired) electrons. The lowest BCUT2D eigenvalue weighted by Crippen LogP contribution is -2.20. The van der Waals surface area contributed by atoms with Crippen LogP contribution in [0.3, 0.4) is 0 Å². The summed E-state index contributed by atoms with van der Waals surface area (Å²) in [6.45, 7) is 4.64. The number of benzene rings is 2. The van der Waals surface area contributed by atoms with Crippen molar-refractivity contribution in [1.82, 2.24) is 9.44 Å². The van der Waals surface area contributed by atoms with Gasteiger partial charge in [-0.05, 0) is 27.8 Å². The maximum Gasteiger partial charge on any atom is 0.103 e. The Balaban J connectivity index is 1.87. The Morgan fingerprint density at radius 3 is 2.40 bits per heavy atom. The van der Waals surface area contributed by atoms with E-state index >= 15 is 0 Å². The van der Waals surface area contributed by atoms with Crippen LogP contribution >= 0.6 is 22.0 Å². The van der Waals surface area contributed by atoms with Gasteiger partial charge in [-0.1, -0.05) is 56.3 Å². The fourth-order valence-electron chi connectivity index (χ4n) is 3.21. The van der Waals surface area contributed by atoms with Crippen molar-refractivity contribution < 1.29 is 0 Å². The predicted octanol–water partition coefficient (Wildman–Crippen LogP) is 4.40. The quantitative estimate of drug-likeness (QED) is 0.602. The summed E-state index contributed by atoms with van der Waals surface area (Å²) in [5, 5.41) is 0. The molecule has 0 saturated carbocycles. The van der Waals surface area contributed by atoms with Gasteiger partial charge in [-0.2, -0.15) is 0 Å². The van der Waals surface area contributed by atoms with Gasteiger partial charge >= 0.3 is 0 Å². The van der Waals surface area contributed by atoms with E-state index < -0.39 is 0 Å². The van der Waals surface area contributed by atoms with Crippen LogP contribution in [0.1, 0.15) is 36.7 Å². The minimum Gasteiger partial charge on any atom is -0.232 e. The molecule has 4 rings (SSSR count). The van der Waals surface area contributed by atoms with Crippen LogP contribution in [0.4, 0.5) is 0 Å². The van der Waals surface area contributed by atoms with Crippen LogP contribution in [0.25, 0.3) is 11.1 Å². The van der Waals surface area contributed by atoms with Crippen molar-refractivity contribution in [2.45, 2.75) is 25.4 Å². The number of nitrogens with one attached hydrogen (secondary N) is 2. The van der Waals surface area contributed by atoms with Crippen molar-refractivity contribution in [3.8, 4) is 11.1 Å². The molecule has 0 bridgehead atoms. The Labute approximate surface area is 127 Å². The fourth-order valence-corrected chi connectivity index (χ4v) is 4.83. The number of fused-ring (bicyclic) bond motifs is 3. The summed E-state index contributed by atoms with van der Waals surface area (Å²) in [6, 6.07) is 15.6. The van der Waals surface area contributed by atoms with Gasteiger partial charge in [0.2, 0.25) is 0 Å². The predicted molar refractivity (Wildman–Crippen MR) is 88.2 cm³/mol. The maximum absolute atomic E-state index is 3.38. The largest absolute Gasteiger partial charge is 0.232 e. The first-order valence-electron chi connectivity index (χ1n) is 6.76. The molecular formula is C16H16N2S2. The van der Waals surface area contributed by atoms with Crippen LogP contribution in [-0.4, -0.2) is 0 Å². The van der Waals surface area contributed by atoms with Crippen LogP contribution < -0.4 is 9.44 Å². The molecule has 1 aliphatic heterocycles. The third kappa shape index (κ3) is 1.76. The molecule has 0 atom stereocenters. The molecule has 2 aromatic carbocycles. The summed E-state index contributed by atoms with van der Waals surface area (Å²) in [6.07, 6.45) is 0.231. The van der Waals surface area contributed by atoms with Gasteiger partial charge in [0.15, 0.2) is 0 Å². The monoisotopic (exact) mass is 300 g/mol. The van der Waals surface area contributed by atoms with Gasteiger partial charge in [0.25, 0.3) is 0 Å². The van der Waals surface area contributed by atoms with Gasteiger partial charge in [-0.3, -0.25) is 0 Å². The normalized spacial score (nSPS) is 19.9. The standard InChI is InChI=1S/C16H16N2S2/c1-16(2)13-6-4-3-5-11(13)12-8-7-10(9-14(12)16)15-17-19-20-18-15/h3-9,15,17-18H,1-2H3. The Morgan fingerprint density at radius 1 is 0.900 bits per heavy atom. The topological polar surface area (TPSA) is 24.1 Å². The lowest BCUT2D eigenvalue weighted by Gasteiger charge is -2.22. The second kappa shape index (κ2) is 4.53. The molecule has 2 aliphatic rings. The molecule has 20 heavy (non-hydrogen) atoms. The molecule has 102 valence electrons. The first-order valence-corrected chi connectivity index (χ1v) is 8.91. The average molecular weight is 300 g/mol. The molecule has 1 aliphatic carbocycles. The van der Waals surface area contributed by atoms with E-state index in [-0.39, 0.29) is 11.6 Å². The molecule has 0 spiro atoms. The van der Waals surface area contributed by atoms with Crippen molar-refractivity contribution in [3.05, 3.63) is 59.2 Å². The summed E-state index contributed by atoms with van der Waals surface area (Å²) in [4.78, 5) is 0. The third-order valence-corrected chi connectivity index (χ3v) is 5.89. The molecule has 1 fully saturated rings. The molecule has 0 amide bonds. The highest BCUT2D eigenvalue weighted by atomic mass is 33.1. The van der Waals surface area contributed by atoms with Crippen LogP contribution in [0.5, 0.6) is 0 Å². The van der Waals surface area contributed by atoms with Crippen molar-refractivity contribution in [3.63, 3.8) is 0 Å². The average Bonchev–Trinajstić information content (AvgIpc) is 3.07. The van der Waals surface area contributed by atoms with E-state index in [0.29, 0.717) is 0 Å². The molecule has 0 unspecified atom stereocenters. The van der Waals surface area contributed by atoms with Crippen LogP contribution in [0.2, 0.25) is 0 Å². The van der Waals surface area contributed by atoms with E-state index in [4.69, 9.17) is 0 Å². The number of hydrogen-bond acceptors (Lipinski definition) is 4. The smallest absolute Gasteiger partial charge is 0.103 e. The van der Waals surface area contributed by atoms with Crippen molar-refractivity contribution in [2.24, 2.45) is 0 Å². The summed E-state index contributed by atoms with van der Waals surface area (Å²) >= 11 is 0. The highest BCUT2D eigenvalue weighted by Gasteiger charge is 2.35. The van der Waals surface area contributed by atoms with Crippen LogP contribution in [0, 0.1) is 0 Å². The lowest BCUT2D eigenvalue weighted by molar-refractivity contribution is 0.647. The molecule has 4 heteroatoms. The van der Waals surface area contributed by atoms with E-state index in [1.807, 2.05) is 0 Å². The Hall–Kier alpha value is -0.940. The zero-order valence-corrected chi connectivity index (χ0v) is 13.1. The van der Waals surface area contributed by atoms with Gasteiger partial charge in [0, 0.05) is 27.4 Å². The maximum atomic E-state index is 3.38. The molecule has 0 aromatic heterocycles. The van der Waals surface area contributed by atoms with Crippen LogP contribution in [0.15, 0.2) is 42.5 Å². The second-order valence-corrected chi connectivity index (χ2v) is 7.62. The van der Waals surface area contributed by atoms with E-state index in [0.717, 1.165) is 0 Å². The first-order chi connectivity index (χ1) is 9.68. The number of rotatable bonds is 1. The van der Waals surface area contributed by atoms with Crippen molar-refractivity contribution >= 4 is 22.0 Å². The SMILES string of the molecule is CC1(C)c2ccccc2-c2ccc(C3NSSN3)cc21. The second-order valence-electron chi connectivity index (χ2n) is 5.81. The molecule has 2 aromatic rings. The van der Waals surface area contributed by atoms with Gasteiger partial charge in [0.1, 0.15) is 6.17 Å². The van der Waals surface area contributed by atoms with Crippen molar-refractivity contribution in [1.29, 1.82) is 0 Å². The fraction of sp³-hybridized carbons (Fsp3) is 0.250. The van der Waals surface area contributed by atoms with Crippen molar-refractivity contribution in [2.75, 3.05) is 0 Å². The van der Waals surface area contributed by atoms with Gasteiger partial charge in [-0.25, -0.2) is 9.44 Å². The summed E-state index contributed by atoms with van der Waals surface area (Å²) in [5.41, 5.74) is 7.02. The molecule has 2 nitrogen and oxygen atoms in total. The summed E-state index contributed by atoms with van der Waals surface area (Å²) in [7, 11) is 3.31. The molecule has 2 N–H and O–H groups in total. The van der Waals surface area contributed by atoms with Gasteiger partial charge in [-0.15, -0.1) is 0 Å². The summed E-state index contributed by atoms with van der Waals surface area (Å²) < 4.78 is 6.76. The Kier molecular flexibility index (Phi) is 2.89. The van der Waals surface area contributed by atoms with E-state index in [1.165, 1.54) is 27.8 Å². The zero-order chi connectivity index (χ0) is 13.7. The van der Waals surface area contributed by atoms with Gasteiger partial charge < -0.3 is 0 Å².